The average Bonchev–Trinajstić information content (AvgIpc) is 3.19. The lowest BCUT2D eigenvalue weighted by Gasteiger charge is -2.09. The molecule has 0 fully saturated rings. The molecule has 0 bridgehead atoms. The van der Waals surface area contributed by atoms with Crippen LogP contribution in [0.5, 0.6) is 11.8 Å². The summed E-state index contributed by atoms with van der Waals surface area (Å²) in [4.78, 5) is 9.18. The Kier molecular flexibility index (Phi) is 6.18. The molecule has 0 saturated heterocycles. The third-order valence-corrected chi connectivity index (χ3v) is 4.98. The maximum absolute atomic E-state index is 12.8. The first kappa shape index (κ1) is 19.0. The van der Waals surface area contributed by atoms with E-state index in [1.54, 1.807) is 19.2 Å². The predicted molar refractivity (Wildman–Crippen MR) is 102 cm³/mol. The molecule has 0 amide bonds. The fourth-order valence-corrected chi connectivity index (χ4v) is 3.29. The molecule has 2 heterocycles. The van der Waals surface area contributed by atoms with Crippen LogP contribution in [0.3, 0.4) is 0 Å². The van der Waals surface area contributed by atoms with Gasteiger partial charge in [0.15, 0.2) is 0 Å². The van der Waals surface area contributed by atoms with Crippen molar-refractivity contribution in [1.82, 2.24) is 9.97 Å². The minimum absolute atomic E-state index is 0.0107. The summed E-state index contributed by atoms with van der Waals surface area (Å²) in [6.07, 6.45) is -1.70. The van der Waals surface area contributed by atoms with Crippen molar-refractivity contribution < 1.29 is 18.3 Å². The normalized spacial score (nSPS) is 10.9. The van der Waals surface area contributed by atoms with Gasteiger partial charge in [0.2, 0.25) is 0 Å². The van der Waals surface area contributed by atoms with Gasteiger partial charge >= 0.3 is 6.01 Å². The van der Waals surface area contributed by atoms with Crippen LogP contribution in [0.25, 0.3) is 10.6 Å². The average molecular weight is 391 g/mol. The largest absolute Gasteiger partial charge is 0.497 e. The third kappa shape index (κ3) is 4.91. The van der Waals surface area contributed by atoms with Gasteiger partial charge in [0, 0.05) is 12.6 Å². The minimum atomic E-state index is -2.49. The fourth-order valence-electron chi connectivity index (χ4n) is 2.47. The van der Waals surface area contributed by atoms with E-state index in [-0.39, 0.29) is 10.9 Å². The maximum atomic E-state index is 12.8. The molecule has 0 aliphatic rings. The van der Waals surface area contributed by atoms with Crippen molar-refractivity contribution >= 4 is 17.2 Å². The molecular weight excluding hydrogens is 372 g/mol. The minimum Gasteiger partial charge on any atom is -0.497 e. The summed E-state index contributed by atoms with van der Waals surface area (Å²) in [6.45, 7) is 0.651. The molecule has 5 nitrogen and oxygen atoms in total. The molecule has 0 spiro atoms. The number of benzene rings is 1. The predicted octanol–water partition coefficient (Wildman–Crippen LogP) is 4.81. The maximum Gasteiger partial charge on any atom is 0.318 e. The summed E-state index contributed by atoms with van der Waals surface area (Å²) in [7, 11) is 3.10. The van der Waals surface area contributed by atoms with Crippen LogP contribution in [0.4, 0.5) is 14.6 Å². The van der Waals surface area contributed by atoms with E-state index in [1.807, 2.05) is 24.3 Å². The van der Waals surface area contributed by atoms with Gasteiger partial charge < -0.3 is 14.8 Å². The number of nitrogens with zero attached hydrogens (tertiary/aromatic N) is 2. The van der Waals surface area contributed by atoms with E-state index in [0.717, 1.165) is 29.1 Å². The van der Waals surface area contributed by atoms with E-state index in [0.29, 0.717) is 22.9 Å². The Morgan fingerprint density at radius 2 is 1.81 bits per heavy atom. The molecule has 0 unspecified atom stereocenters. The summed E-state index contributed by atoms with van der Waals surface area (Å²) in [5.41, 5.74) is 1.70. The summed E-state index contributed by atoms with van der Waals surface area (Å²) in [5, 5.41) is 3.23. The number of anilines is 1. The molecule has 3 rings (SSSR count). The van der Waals surface area contributed by atoms with E-state index in [9.17, 15) is 8.78 Å². The highest BCUT2D eigenvalue weighted by atomic mass is 32.1. The lowest BCUT2D eigenvalue weighted by atomic mass is 10.1. The number of thiophene rings is 1. The van der Waals surface area contributed by atoms with Crippen LogP contribution < -0.4 is 14.8 Å². The van der Waals surface area contributed by atoms with Crippen LogP contribution in [0.2, 0.25) is 0 Å². The van der Waals surface area contributed by atoms with Crippen LogP contribution in [-0.2, 0) is 6.42 Å². The Balaban J connectivity index is 1.70. The molecule has 142 valence electrons. The van der Waals surface area contributed by atoms with Crippen LogP contribution in [0.1, 0.15) is 16.9 Å². The SMILES string of the molecule is COc1ccc(CCNc2cc(-c3ccc(C(F)F)s3)nc(OC)n2)cc1. The summed E-state index contributed by atoms with van der Waals surface area (Å²) in [6, 6.07) is 12.8. The number of hydrogen-bond donors (Lipinski definition) is 1. The molecule has 0 radical (unpaired) electrons. The van der Waals surface area contributed by atoms with Gasteiger partial charge in [0.05, 0.1) is 29.7 Å². The van der Waals surface area contributed by atoms with Gasteiger partial charge in [0.1, 0.15) is 11.6 Å². The zero-order chi connectivity index (χ0) is 19.2. The topological polar surface area (TPSA) is 56.3 Å². The van der Waals surface area contributed by atoms with Gasteiger partial charge in [-0.3, -0.25) is 0 Å². The van der Waals surface area contributed by atoms with E-state index < -0.39 is 6.43 Å². The quantitative estimate of drug-likeness (QED) is 0.597. The highest BCUT2D eigenvalue weighted by Crippen LogP contribution is 2.33. The van der Waals surface area contributed by atoms with Crippen molar-refractivity contribution in [3.05, 3.63) is 52.9 Å². The van der Waals surface area contributed by atoms with Crippen LogP contribution in [0.15, 0.2) is 42.5 Å². The summed E-state index contributed by atoms with van der Waals surface area (Å²) in [5.74, 6) is 1.40. The lowest BCUT2D eigenvalue weighted by Crippen LogP contribution is -2.07. The van der Waals surface area contributed by atoms with Gasteiger partial charge in [-0.1, -0.05) is 12.1 Å². The van der Waals surface area contributed by atoms with Crippen molar-refractivity contribution in [2.45, 2.75) is 12.8 Å². The standard InChI is InChI=1S/C19H19F2N3O2S/c1-25-13-5-3-12(4-6-13)9-10-22-17-11-14(23-19(24-17)26-2)15-7-8-16(27-15)18(20)21/h3-8,11,18H,9-10H2,1-2H3,(H,22,23,24). The number of halogens is 2. The molecule has 1 aromatic carbocycles. The number of rotatable bonds is 8. The number of aromatic nitrogens is 2. The molecule has 3 aromatic rings. The smallest absolute Gasteiger partial charge is 0.318 e. The molecule has 0 saturated carbocycles. The Hall–Kier alpha value is -2.74. The van der Waals surface area contributed by atoms with E-state index in [2.05, 4.69) is 15.3 Å². The second-order valence-corrected chi connectivity index (χ2v) is 6.77. The molecule has 0 atom stereocenters. The number of hydrogen-bond acceptors (Lipinski definition) is 6. The van der Waals surface area contributed by atoms with Crippen molar-refractivity contribution in [2.24, 2.45) is 0 Å². The Morgan fingerprint density at radius 1 is 1.04 bits per heavy atom. The molecule has 27 heavy (non-hydrogen) atoms. The fraction of sp³-hybridized carbons (Fsp3) is 0.263. The van der Waals surface area contributed by atoms with Crippen molar-refractivity contribution in [1.29, 1.82) is 0 Å². The Morgan fingerprint density at radius 3 is 2.44 bits per heavy atom. The zero-order valence-corrected chi connectivity index (χ0v) is 15.7. The van der Waals surface area contributed by atoms with E-state index >= 15 is 0 Å². The molecule has 8 heteroatoms. The van der Waals surface area contributed by atoms with Crippen LogP contribution in [-0.4, -0.2) is 30.7 Å². The number of methoxy groups -OCH3 is 2. The highest BCUT2D eigenvalue weighted by molar-refractivity contribution is 7.15. The molecule has 2 aromatic heterocycles. The Labute approximate surface area is 160 Å². The molecule has 0 aliphatic carbocycles. The number of ether oxygens (including phenoxy) is 2. The van der Waals surface area contributed by atoms with E-state index in [4.69, 9.17) is 9.47 Å². The highest BCUT2D eigenvalue weighted by Gasteiger charge is 2.14. The van der Waals surface area contributed by atoms with Gasteiger partial charge in [-0.2, -0.15) is 9.97 Å². The molecular formula is C19H19F2N3O2S. The van der Waals surface area contributed by atoms with Crippen LogP contribution in [0, 0.1) is 0 Å². The zero-order valence-electron chi connectivity index (χ0n) is 14.9. The second kappa shape index (κ2) is 8.77. The monoisotopic (exact) mass is 391 g/mol. The van der Waals surface area contributed by atoms with Crippen molar-refractivity contribution in [3.63, 3.8) is 0 Å². The first-order chi connectivity index (χ1) is 13.1. The van der Waals surface area contributed by atoms with Gasteiger partial charge in [-0.05, 0) is 36.2 Å². The number of nitrogens with one attached hydrogen (secondary N) is 1. The van der Waals surface area contributed by atoms with Crippen molar-refractivity contribution in [2.75, 3.05) is 26.1 Å². The second-order valence-electron chi connectivity index (χ2n) is 5.65. The van der Waals surface area contributed by atoms with Gasteiger partial charge in [-0.25, -0.2) is 8.78 Å². The lowest BCUT2D eigenvalue weighted by molar-refractivity contribution is 0.155. The Bertz CT molecular complexity index is 885. The van der Waals surface area contributed by atoms with Gasteiger partial charge in [-0.15, -0.1) is 11.3 Å². The third-order valence-electron chi connectivity index (χ3n) is 3.86. The number of alkyl halides is 2. The van der Waals surface area contributed by atoms with Gasteiger partial charge in [0.25, 0.3) is 6.43 Å². The van der Waals surface area contributed by atoms with Crippen LogP contribution >= 0.6 is 11.3 Å². The van der Waals surface area contributed by atoms with E-state index in [1.165, 1.54) is 13.2 Å². The summed E-state index contributed by atoms with van der Waals surface area (Å²) < 4.78 is 35.9. The first-order valence-corrected chi connectivity index (χ1v) is 9.09. The molecule has 1 N–H and O–H groups in total. The summed E-state index contributed by atoms with van der Waals surface area (Å²) >= 11 is 1.01. The van der Waals surface area contributed by atoms with Crippen molar-refractivity contribution in [3.8, 4) is 22.3 Å². The molecule has 0 aliphatic heterocycles. The first-order valence-electron chi connectivity index (χ1n) is 8.27.